The number of carbonyl (C=O) groups excluding carboxylic acids is 1. The number of fused-ring (bicyclic) bond motifs is 1. The number of hydrogen-bond donors (Lipinski definition) is 1. The van der Waals surface area contributed by atoms with Gasteiger partial charge in [0.05, 0.1) is 13.2 Å². The topological polar surface area (TPSA) is 49.8 Å². The van der Waals surface area contributed by atoms with Gasteiger partial charge in [-0.1, -0.05) is 24.3 Å². The van der Waals surface area contributed by atoms with Crippen LogP contribution in [0.2, 0.25) is 0 Å². The molecule has 1 aromatic rings. The van der Waals surface area contributed by atoms with Crippen LogP contribution in [0.4, 0.5) is 0 Å². The fourth-order valence-corrected chi connectivity index (χ4v) is 2.82. The summed E-state index contributed by atoms with van der Waals surface area (Å²) in [5.74, 6) is 0.180. The number of aliphatic hydroxyl groups excluding tert-OH is 1. The zero-order valence-electron chi connectivity index (χ0n) is 12.0. The summed E-state index contributed by atoms with van der Waals surface area (Å²) in [7, 11) is 1.62. The lowest BCUT2D eigenvalue weighted by molar-refractivity contribution is -0.137. The molecule has 110 valence electrons. The third-order valence-electron chi connectivity index (χ3n) is 3.94. The molecule has 1 aromatic carbocycles. The molecule has 1 N–H and O–H groups in total. The minimum atomic E-state index is -0.00123. The highest BCUT2D eigenvalue weighted by atomic mass is 16.5. The van der Waals surface area contributed by atoms with E-state index in [4.69, 9.17) is 9.84 Å². The van der Waals surface area contributed by atoms with Crippen molar-refractivity contribution < 1.29 is 14.6 Å². The normalized spacial score (nSPS) is 17.6. The average molecular weight is 277 g/mol. The lowest BCUT2D eigenvalue weighted by Crippen LogP contribution is -2.41. The summed E-state index contributed by atoms with van der Waals surface area (Å²) in [4.78, 5) is 14.3. The third-order valence-corrected chi connectivity index (χ3v) is 3.94. The van der Waals surface area contributed by atoms with E-state index < -0.39 is 0 Å². The van der Waals surface area contributed by atoms with Crippen LogP contribution in [0.1, 0.15) is 17.5 Å². The van der Waals surface area contributed by atoms with Crippen molar-refractivity contribution in [1.82, 2.24) is 4.90 Å². The van der Waals surface area contributed by atoms with Gasteiger partial charge < -0.3 is 14.7 Å². The summed E-state index contributed by atoms with van der Waals surface area (Å²) >= 11 is 0. The minimum absolute atomic E-state index is 0.00123. The monoisotopic (exact) mass is 277 g/mol. The first-order valence-corrected chi connectivity index (χ1v) is 7.21. The lowest BCUT2D eigenvalue weighted by Gasteiger charge is -2.29. The molecule has 1 atom stereocenters. The van der Waals surface area contributed by atoms with E-state index in [0.29, 0.717) is 19.7 Å². The number of hydrogen-bond acceptors (Lipinski definition) is 3. The zero-order valence-corrected chi connectivity index (χ0v) is 12.0. The first-order valence-electron chi connectivity index (χ1n) is 7.21. The van der Waals surface area contributed by atoms with E-state index in [1.54, 1.807) is 12.0 Å². The van der Waals surface area contributed by atoms with E-state index in [1.807, 2.05) is 6.07 Å². The molecule has 1 aliphatic carbocycles. The quantitative estimate of drug-likeness (QED) is 0.851. The van der Waals surface area contributed by atoms with Crippen LogP contribution in [0.25, 0.3) is 0 Å². The number of ether oxygens (including phenoxy) is 1. The molecule has 1 aliphatic rings. The predicted octanol–water partition coefficient (Wildman–Crippen LogP) is 1.26. The smallest absolute Gasteiger partial charge is 0.226 e. The van der Waals surface area contributed by atoms with Crippen LogP contribution < -0.4 is 0 Å². The van der Waals surface area contributed by atoms with Gasteiger partial charge in [0, 0.05) is 26.1 Å². The number of amides is 1. The maximum Gasteiger partial charge on any atom is 0.226 e. The van der Waals surface area contributed by atoms with Crippen molar-refractivity contribution in [1.29, 1.82) is 0 Å². The molecule has 1 unspecified atom stereocenters. The first kappa shape index (κ1) is 15.0. The van der Waals surface area contributed by atoms with Gasteiger partial charge in [-0.3, -0.25) is 4.79 Å². The second kappa shape index (κ2) is 7.41. The van der Waals surface area contributed by atoms with Crippen molar-refractivity contribution in [3.63, 3.8) is 0 Å². The first-order chi connectivity index (χ1) is 9.76. The van der Waals surface area contributed by atoms with Crippen LogP contribution in [-0.4, -0.2) is 49.3 Å². The van der Waals surface area contributed by atoms with Crippen molar-refractivity contribution in [2.45, 2.75) is 19.3 Å². The van der Waals surface area contributed by atoms with Crippen molar-refractivity contribution in [2.24, 2.45) is 5.92 Å². The molecular weight excluding hydrogens is 254 g/mol. The Hall–Kier alpha value is -1.39. The molecule has 2 rings (SSSR count). The number of rotatable bonds is 6. The van der Waals surface area contributed by atoms with Gasteiger partial charge in [0.2, 0.25) is 5.91 Å². The summed E-state index contributed by atoms with van der Waals surface area (Å²) in [6.07, 6.45) is 2.67. The van der Waals surface area contributed by atoms with Gasteiger partial charge >= 0.3 is 0 Å². The van der Waals surface area contributed by atoms with Crippen molar-refractivity contribution >= 4 is 5.91 Å². The number of aliphatic hydroxyl groups is 1. The fourth-order valence-electron chi connectivity index (χ4n) is 2.82. The van der Waals surface area contributed by atoms with Crippen LogP contribution >= 0.6 is 0 Å². The SMILES string of the molecule is COCCN(CCO)C(=O)C1CCc2ccccc2C1. The highest BCUT2D eigenvalue weighted by molar-refractivity contribution is 5.79. The van der Waals surface area contributed by atoms with Gasteiger partial charge in [-0.25, -0.2) is 0 Å². The molecule has 4 nitrogen and oxygen atoms in total. The van der Waals surface area contributed by atoms with Gasteiger partial charge in [0.15, 0.2) is 0 Å². The second-order valence-corrected chi connectivity index (χ2v) is 5.25. The van der Waals surface area contributed by atoms with E-state index in [1.165, 1.54) is 11.1 Å². The zero-order chi connectivity index (χ0) is 14.4. The van der Waals surface area contributed by atoms with Crippen LogP contribution in [-0.2, 0) is 22.4 Å². The van der Waals surface area contributed by atoms with E-state index in [2.05, 4.69) is 18.2 Å². The number of carbonyl (C=O) groups is 1. The van der Waals surface area contributed by atoms with Crippen LogP contribution in [0.15, 0.2) is 24.3 Å². The third kappa shape index (κ3) is 3.58. The molecule has 0 saturated carbocycles. The highest BCUT2D eigenvalue weighted by Gasteiger charge is 2.27. The lowest BCUT2D eigenvalue weighted by atomic mass is 9.83. The molecular formula is C16H23NO3. The number of aryl methyl sites for hydroxylation is 1. The fraction of sp³-hybridized carbons (Fsp3) is 0.562. The highest BCUT2D eigenvalue weighted by Crippen LogP contribution is 2.26. The van der Waals surface area contributed by atoms with E-state index in [-0.39, 0.29) is 18.4 Å². The van der Waals surface area contributed by atoms with Gasteiger partial charge in [0.25, 0.3) is 0 Å². The Morgan fingerprint density at radius 2 is 2.10 bits per heavy atom. The van der Waals surface area contributed by atoms with E-state index in [9.17, 15) is 4.79 Å². The maximum atomic E-state index is 12.6. The van der Waals surface area contributed by atoms with E-state index in [0.717, 1.165) is 19.3 Å². The Bertz CT molecular complexity index is 447. The summed E-state index contributed by atoms with van der Waals surface area (Å²) in [5.41, 5.74) is 2.65. The van der Waals surface area contributed by atoms with Crippen molar-refractivity contribution in [3.05, 3.63) is 35.4 Å². The molecule has 0 heterocycles. The maximum absolute atomic E-state index is 12.6. The van der Waals surface area contributed by atoms with Crippen LogP contribution in [0.5, 0.6) is 0 Å². The molecule has 20 heavy (non-hydrogen) atoms. The standard InChI is InChI=1S/C16H23NO3/c1-20-11-9-17(8-10-18)16(19)15-7-6-13-4-2-3-5-14(13)12-15/h2-5,15,18H,6-12H2,1H3. The van der Waals surface area contributed by atoms with Crippen molar-refractivity contribution in [3.8, 4) is 0 Å². The molecule has 0 saturated heterocycles. The van der Waals surface area contributed by atoms with Crippen molar-refractivity contribution in [2.75, 3.05) is 33.4 Å². The molecule has 0 fully saturated rings. The number of methoxy groups -OCH3 is 1. The molecule has 0 radical (unpaired) electrons. The minimum Gasteiger partial charge on any atom is -0.395 e. The Labute approximate surface area is 120 Å². The average Bonchev–Trinajstić information content (AvgIpc) is 2.50. The number of nitrogens with zero attached hydrogens (tertiary/aromatic N) is 1. The summed E-state index contributed by atoms with van der Waals surface area (Å²) in [5, 5.41) is 9.11. The van der Waals surface area contributed by atoms with Gasteiger partial charge in [0.1, 0.15) is 0 Å². The van der Waals surface area contributed by atoms with Gasteiger partial charge in [-0.05, 0) is 30.4 Å². The molecule has 0 aliphatic heterocycles. The van der Waals surface area contributed by atoms with Gasteiger partial charge in [-0.2, -0.15) is 0 Å². The molecule has 0 aromatic heterocycles. The summed E-state index contributed by atoms with van der Waals surface area (Å²) in [6, 6.07) is 8.34. The molecule has 1 amide bonds. The van der Waals surface area contributed by atoms with Crippen LogP contribution in [0, 0.1) is 5.92 Å². The predicted molar refractivity (Wildman–Crippen MR) is 77.5 cm³/mol. The molecule has 0 spiro atoms. The molecule has 0 bridgehead atoms. The Morgan fingerprint density at radius 3 is 2.80 bits per heavy atom. The van der Waals surface area contributed by atoms with Crippen LogP contribution in [0.3, 0.4) is 0 Å². The Balaban J connectivity index is 2.01. The van der Waals surface area contributed by atoms with E-state index >= 15 is 0 Å². The van der Waals surface area contributed by atoms with Gasteiger partial charge in [-0.15, -0.1) is 0 Å². The largest absolute Gasteiger partial charge is 0.395 e. The number of benzene rings is 1. The Morgan fingerprint density at radius 1 is 1.35 bits per heavy atom. The second-order valence-electron chi connectivity index (χ2n) is 5.25. The summed E-state index contributed by atoms with van der Waals surface area (Å²) < 4.78 is 5.04. The Kier molecular flexibility index (Phi) is 5.56. The summed E-state index contributed by atoms with van der Waals surface area (Å²) in [6.45, 7) is 1.45. The molecule has 4 heteroatoms.